The molecular weight excluding hydrogens is 228 g/mol. The first-order chi connectivity index (χ1) is 8.74. The number of aryl methyl sites for hydroxylation is 1. The molecule has 0 spiro atoms. The monoisotopic (exact) mass is 250 g/mol. The molecule has 0 saturated carbocycles. The Bertz CT molecular complexity index is 401. The first-order valence-electron chi connectivity index (χ1n) is 6.40. The number of hydrogen-bond donors (Lipinski definition) is 2. The van der Waals surface area contributed by atoms with Crippen LogP contribution in [0.15, 0.2) is 12.1 Å². The molecule has 0 aromatic heterocycles. The smallest absolute Gasteiger partial charge is 0.127 e. The highest BCUT2D eigenvalue weighted by atomic mass is 16.5. The van der Waals surface area contributed by atoms with Crippen molar-refractivity contribution in [2.75, 3.05) is 27.3 Å². The Morgan fingerprint density at radius 2 is 2.17 bits per heavy atom. The molecule has 100 valence electrons. The Balaban J connectivity index is 2.10. The number of benzene rings is 1. The quantitative estimate of drug-likeness (QED) is 0.830. The van der Waals surface area contributed by atoms with E-state index < -0.39 is 0 Å². The summed E-state index contributed by atoms with van der Waals surface area (Å²) in [4.78, 5) is 0. The molecule has 0 amide bonds. The van der Waals surface area contributed by atoms with E-state index >= 15 is 0 Å². The highest BCUT2D eigenvalue weighted by molar-refractivity contribution is 5.46. The van der Waals surface area contributed by atoms with E-state index in [0.717, 1.165) is 31.1 Å². The average molecular weight is 250 g/mol. The summed E-state index contributed by atoms with van der Waals surface area (Å²) in [5.41, 5.74) is 2.41. The lowest BCUT2D eigenvalue weighted by atomic mass is 10.1. The molecule has 1 saturated heterocycles. The molecule has 4 heteroatoms. The third-order valence-electron chi connectivity index (χ3n) is 3.49. The van der Waals surface area contributed by atoms with Gasteiger partial charge in [-0.2, -0.15) is 0 Å². The van der Waals surface area contributed by atoms with Crippen LogP contribution in [0.5, 0.6) is 11.5 Å². The number of hydrogen-bond acceptors (Lipinski definition) is 4. The van der Waals surface area contributed by atoms with E-state index in [9.17, 15) is 0 Å². The summed E-state index contributed by atoms with van der Waals surface area (Å²) in [7, 11) is 3.38. The standard InChI is InChI=1S/C14H22N2O2/c1-10-6-12(17-2)7-14(18-3)13(10)9-16-11-4-5-15-8-11/h6-7,11,15-16H,4-5,8-9H2,1-3H3. The maximum atomic E-state index is 5.45. The van der Waals surface area contributed by atoms with Gasteiger partial charge in [0.2, 0.25) is 0 Å². The second kappa shape index (κ2) is 6.07. The van der Waals surface area contributed by atoms with Crippen LogP contribution in [0.25, 0.3) is 0 Å². The van der Waals surface area contributed by atoms with E-state index in [-0.39, 0.29) is 0 Å². The molecule has 1 fully saturated rings. The van der Waals surface area contributed by atoms with E-state index in [1.165, 1.54) is 17.5 Å². The largest absolute Gasteiger partial charge is 0.497 e. The second-order valence-corrected chi connectivity index (χ2v) is 4.70. The van der Waals surface area contributed by atoms with Crippen molar-refractivity contribution in [3.63, 3.8) is 0 Å². The van der Waals surface area contributed by atoms with Gasteiger partial charge in [0.05, 0.1) is 14.2 Å². The van der Waals surface area contributed by atoms with Crippen LogP contribution in [0.1, 0.15) is 17.5 Å². The van der Waals surface area contributed by atoms with E-state index in [1.54, 1.807) is 14.2 Å². The van der Waals surface area contributed by atoms with E-state index in [1.807, 2.05) is 12.1 Å². The van der Waals surface area contributed by atoms with Crippen molar-refractivity contribution in [1.29, 1.82) is 0 Å². The number of methoxy groups -OCH3 is 2. The van der Waals surface area contributed by atoms with Gasteiger partial charge in [0.15, 0.2) is 0 Å². The van der Waals surface area contributed by atoms with Crippen LogP contribution in [0.3, 0.4) is 0 Å². The third kappa shape index (κ3) is 2.94. The normalized spacial score (nSPS) is 18.9. The predicted molar refractivity (Wildman–Crippen MR) is 72.4 cm³/mol. The lowest BCUT2D eigenvalue weighted by Gasteiger charge is -2.16. The highest BCUT2D eigenvalue weighted by Crippen LogP contribution is 2.28. The molecule has 0 bridgehead atoms. The van der Waals surface area contributed by atoms with Gasteiger partial charge in [-0.25, -0.2) is 0 Å². The molecule has 0 aliphatic carbocycles. The minimum atomic E-state index is 0.566. The number of rotatable bonds is 5. The molecule has 2 N–H and O–H groups in total. The Hall–Kier alpha value is -1.26. The van der Waals surface area contributed by atoms with Gasteiger partial charge in [0.1, 0.15) is 11.5 Å². The number of ether oxygens (including phenoxy) is 2. The van der Waals surface area contributed by atoms with Crippen molar-refractivity contribution in [3.8, 4) is 11.5 Å². The van der Waals surface area contributed by atoms with Crippen molar-refractivity contribution in [2.24, 2.45) is 0 Å². The summed E-state index contributed by atoms with van der Waals surface area (Å²) in [5.74, 6) is 1.74. The fraction of sp³-hybridized carbons (Fsp3) is 0.571. The second-order valence-electron chi connectivity index (χ2n) is 4.70. The van der Waals surface area contributed by atoms with Crippen LogP contribution >= 0.6 is 0 Å². The van der Waals surface area contributed by atoms with Crippen LogP contribution in [-0.4, -0.2) is 33.4 Å². The van der Waals surface area contributed by atoms with Crippen LogP contribution < -0.4 is 20.1 Å². The Morgan fingerprint density at radius 3 is 2.78 bits per heavy atom. The van der Waals surface area contributed by atoms with Crippen LogP contribution in [-0.2, 0) is 6.54 Å². The minimum absolute atomic E-state index is 0.566. The summed E-state index contributed by atoms with van der Waals surface area (Å²) >= 11 is 0. The van der Waals surface area contributed by atoms with Crippen molar-refractivity contribution in [3.05, 3.63) is 23.3 Å². The van der Waals surface area contributed by atoms with Crippen LogP contribution in [0, 0.1) is 6.92 Å². The maximum Gasteiger partial charge on any atom is 0.127 e. The zero-order valence-electron chi connectivity index (χ0n) is 11.4. The lowest BCUT2D eigenvalue weighted by Crippen LogP contribution is -2.30. The van der Waals surface area contributed by atoms with Gasteiger partial charge < -0.3 is 20.1 Å². The fourth-order valence-corrected chi connectivity index (χ4v) is 2.35. The molecule has 1 unspecified atom stereocenters. The SMILES string of the molecule is COc1cc(C)c(CNC2CCNC2)c(OC)c1. The summed E-state index contributed by atoms with van der Waals surface area (Å²) < 4.78 is 10.7. The third-order valence-corrected chi connectivity index (χ3v) is 3.49. The molecule has 0 radical (unpaired) electrons. The van der Waals surface area contributed by atoms with Crippen LogP contribution in [0.4, 0.5) is 0 Å². The minimum Gasteiger partial charge on any atom is -0.497 e. The molecular formula is C14H22N2O2. The Labute approximate surface area is 109 Å². The van der Waals surface area contributed by atoms with Gasteiger partial charge in [0, 0.05) is 30.8 Å². The lowest BCUT2D eigenvalue weighted by molar-refractivity contribution is 0.388. The van der Waals surface area contributed by atoms with Crippen molar-refractivity contribution in [1.82, 2.24) is 10.6 Å². The van der Waals surface area contributed by atoms with E-state index in [2.05, 4.69) is 17.6 Å². The summed E-state index contributed by atoms with van der Waals surface area (Å²) in [6.45, 7) is 5.09. The molecule has 18 heavy (non-hydrogen) atoms. The molecule has 2 rings (SSSR count). The first-order valence-corrected chi connectivity index (χ1v) is 6.40. The average Bonchev–Trinajstić information content (AvgIpc) is 2.89. The van der Waals surface area contributed by atoms with Crippen LogP contribution in [0.2, 0.25) is 0 Å². The van der Waals surface area contributed by atoms with E-state index in [4.69, 9.17) is 9.47 Å². The fourth-order valence-electron chi connectivity index (χ4n) is 2.35. The maximum absolute atomic E-state index is 5.45. The molecule has 1 aromatic carbocycles. The Morgan fingerprint density at radius 1 is 1.33 bits per heavy atom. The molecule has 1 aromatic rings. The van der Waals surface area contributed by atoms with Gasteiger partial charge in [-0.15, -0.1) is 0 Å². The Kier molecular flexibility index (Phi) is 4.44. The molecule has 1 aliphatic heterocycles. The van der Waals surface area contributed by atoms with Gasteiger partial charge in [-0.3, -0.25) is 0 Å². The topological polar surface area (TPSA) is 42.5 Å². The molecule has 1 aliphatic rings. The molecule has 1 heterocycles. The zero-order chi connectivity index (χ0) is 13.0. The highest BCUT2D eigenvalue weighted by Gasteiger charge is 2.15. The summed E-state index contributed by atoms with van der Waals surface area (Å²) in [6.07, 6.45) is 1.19. The van der Waals surface area contributed by atoms with Gasteiger partial charge in [0.25, 0.3) is 0 Å². The van der Waals surface area contributed by atoms with Gasteiger partial charge >= 0.3 is 0 Å². The summed E-state index contributed by atoms with van der Waals surface area (Å²) in [5, 5.41) is 6.92. The first kappa shape index (κ1) is 13.2. The van der Waals surface area contributed by atoms with Crippen molar-refractivity contribution in [2.45, 2.75) is 25.9 Å². The molecule has 4 nitrogen and oxygen atoms in total. The van der Waals surface area contributed by atoms with Gasteiger partial charge in [-0.1, -0.05) is 0 Å². The van der Waals surface area contributed by atoms with Crippen molar-refractivity contribution < 1.29 is 9.47 Å². The molecule has 1 atom stereocenters. The number of nitrogens with one attached hydrogen (secondary N) is 2. The predicted octanol–water partition coefficient (Wildman–Crippen LogP) is 1.46. The van der Waals surface area contributed by atoms with E-state index in [0.29, 0.717) is 6.04 Å². The summed E-state index contributed by atoms with van der Waals surface area (Å²) in [6, 6.07) is 4.56. The van der Waals surface area contributed by atoms with Gasteiger partial charge in [-0.05, 0) is 31.5 Å². The zero-order valence-corrected chi connectivity index (χ0v) is 11.4. The van der Waals surface area contributed by atoms with Crippen molar-refractivity contribution >= 4 is 0 Å².